The van der Waals surface area contributed by atoms with Crippen LogP contribution in [-0.4, -0.2) is 14.7 Å². The SMILES string of the molecule is Oc1ccc(CNc2cnns2)cc1. The summed E-state index contributed by atoms with van der Waals surface area (Å²) in [6, 6.07) is 7.08. The smallest absolute Gasteiger partial charge is 0.130 e. The minimum Gasteiger partial charge on any atom is -0.508 e. The van der Waals surface area contributed by atoms with Crippen molar-refractivity contribution in [2.24, 2.45) is 0 Å². The second-order valence-electron chi connectivity index (χ2n) is 2.80. The van der Waals surface area contributed by atoms with Gasteiger partial charge >= 0.3 is 0 Å². The molecule has 1 aromatic carbocycles. The number of aromatic nitrogens is 2. The quantitative estimate of drug-likeness (QED) is 0.806. The third kappa shape index (κ3) is 2.20. The molecule has 0 aliphatic carbocycles. The highest BCUT2D eigenvalue weighted by Gasteiger charge is 1.95. The Morgan fingerprint density at radius 3 is 2.71 bits per heavy atom. The molecular formula is C9H9N3OS. The van der Waals surface area contributed by atoms with E-state index in [2.05, 4.69) is 14.9 Å². The molecular weight excluding hydrogens is 198 g/mol. The number of phenols is 1. The van der Waals surface area contributed by atoms with Crippen LogP contribution in [0.1, 0.15) is 5.56 Å². The molecule has 1 aromatic heterocycles. The van der Waals surface area contributed by atoms with E-state index in [1.54, 1.807) is 18.3 Å². The minimum absolute atomic E-state index is 0.285. The Kier molecular flexibility index (Phi) is 2.60. The fourth-order valence-corrected chi connectivity index (χ4v) is 1.46. The van der Waals surface area contributed by atoms with Crippen molar-refractivity contribution in [3.63, 3.8) is 0 Å². The first-order valence-corrected chi connectivity index (χ1v) is 4.91. The lowest BCUT2D eigenvalue weighted by molar-refractivity contribution is 0.475. The standard InChI is InChI=1S/C9H9N3OS/c13-8-3-1-7(2-4-8)5-10-9-6-11-12-14-9/h1-4,6,10,13H,5H2. The number of phenolic OH excluding ortho intramolecular Hbond substituents is 1. The minimum atomic E-state index is 0.285. The molecule has 0 radical (unpaired) electrons. The molecule has 2 N–H and O–H groups in total. The summed E-state index contributed by atoms with van der Waals surface area (Å²) in [7, 11) is 0. The van der Waals surface area contributed by atoms with Crippen molar-refractivity contribution in [3.05, 3.63) is 36.0 Å². The van der Waals surface area contributed by atoms with Crippen LogP contribution in [0, 0.1) is 0 Å². The Bertz CT molecular complexity index is 385. The maximum atomic E-state index is 9.07. The van der Waals surface area contributed by atoms with Crippen LogP contribution in [0.15, 0.2) is 30.5 Å². The van der Waals surface area contributed by atoms with Crippen molar-refractivity contribution in [2.75, 3.05) is 5.32 Å². The second kappa shape index (κ2) is 4.06. The van der Waals surface area contributed by atoms with E-state index in [1.165, 1.54) is 11.5 Å². The van der Waals surface area contributed by atoms with Gasteiger partial charge in [0.2, 0.25) is 0 Å². The highest BCUT2D eigenvalue weighted by molar-refractivity contribution is 7.09. The van der Waals surface area contributed by atoms with E-state index in [0.717, 1.165) is 10.6 Å². The average molecular weight is 207 g/mol. The predicted molar refractivity (Wildman–Crippen MR) is 55.3 cm³/mol. The van der Waals surface area contributed by atoms with E-state index in [-0.39, 0.29) is 5.75 Å². The van der Waals surface area contributed by atoms with Crippen LogP contribution >= 0.6 is 11.5 Å². The van der Waals surface area contributed by atoms with E-state index < -0.39 is 0 Å². The number of hydrogen-bond donors (Lipinski definition) is 2. The average Bonchev–Trinajstić information content (AvgIpc) is 2.70. The van der Waals surface area contributed by atoms with Crippen molar-refractivity contribution in [1.82, 2.24) is 9.59 Å². The molecule has 0 unspecified atom stereocenters. The van der Waals surface area contributed by atoms with E-state index in [0.29, 0.717) is 6.54 Å². The molecule has 4 nitrogen and oxygen atoms in total. The van der Waals surface area contributed by atoms with Gasteiger partial charge in [0.1, 0.15) is 10.8 Å². The summed E-state index contributed by atoms with van der Waals surface area (Å²) in [4.78, 5) is 0. The first kappa shape index (κ1) is 8.96. The van der Waals surface area contributed by atoms with Gasteiger partial charge in [0.25, 0.3) is 0 Å². The topological polar surface area (TPSA) is 58.0 Å². The van der Waals surface area contributed by atoms with Crippen molar-refractivity contribution < 1.29 is 5.11 Å². The van der Waals surface area contributed by atoms with Gasteiger partial charge in [-0.05, 0) is 17.7 Å². The van der Waals surface area contributed by atoms with Crippen LogP contribution in [0.2, 0.25) is 0 Å². The lowest BCUT2D eigenvalue weighted by Gasteiger charge is -2.02. The molecule has 0 bridgehead atoms. The molecule has 72 valence electrons. The van der Waals surface area contributed by atoms with Gasteiger partial charge in [-0.2, -0.15) is 0 Å². The first-order chi connectivity index (χ1) is 6.84. The number of aromatic hydroxyl groups is 1. The van der Waals surface area contributed by atoms with E-state index in [4.69, 9.17) is 5.11 Å². The number of rotatable bonds is 3. The Labute approximate surface area is 85.4 Å². The molecule has 2 aromatic rings. The van der Waals surface area contributed by atoms with E-state index in [1.807, 2.05) is 12.1 Å². The Hall–Kier alpha value is -1.62. The largest absolute Gasteiger partial charge is 0.508 e. The summed E-state index contributed by atoms with van der Waals surface area (Å²) in [5, 5.41) is 16.9. The number of nitrogens with one attached hydrogen (secondary N) is 1. The number of hydrogen-bond acceptors (Lipinski definition) is 5. The first-order valence-electron chi connectivity index (χ1n) is 4.14. The summed E-state index contributed by atoms with van der Waals surface area (Å²) in [6.07, 6.45) is 1.69. The fraction of sp³-hybridized carbons (Fsp3) is 0.111. The molecule has 0 spiro atoms. The Morgan fingerprint density at radius 2 is 2.07 bits per heavy atom. The molecule has 14 heavy (non-hydrogen) atoms. The summed E-state index contributed by atoms with van der Waals surface area (Å²) >= 11 is 1.32. The molecule has 0 saturated heterocycles. The molecule has 0 amide bonds. The van der Waals surface area contributed by atoms with E-state index in [9.17, 15) is 0 Å². The highest BCUT2D eigenvalue weighted by Crippen LogP contribution is 2.13. The van der Waals surface area contributed by atoms with Gasteiger partial charge in [-0.15, -0.1) is 5.10 Å². The van der Waals surface area contributed by atoms with Crippen LogP contribution in [0.3, 0.4) is 0 Å². The molecule has 0 aliphatic rings. The zero-order valence-electron chi connectivity index (χ0n) is 7.34. The van der Waals surface area contributed by atoms with Gasteiger partial charge < -0.3 is 10.4 Å². The van der Waals surface area contributed by atoms with Gasteiger partial charge in [0.15, 0.2) is 0 Å². The number of nitrogens with zero attached hydrogens (tertiary/aromatic N) is 2. The van der Waals surface area contributed by atoms with Crippen molar-refractivity contribution in [1.29, 1.82) is 0 Å². The highest BCUT2D eigenvalue weighted by atomic mass is 32.1. The molecule has 0 fully saturated rings. The lowest BCUT2D eigenvalue weighted by Crippen LogP contribution is -1.96. The molecule has 2 rings (SSSR count). The molecule has 1 heterocycles. The zero-order chi connectivity index (χ0) is 9.80. The predicted octanol–water partition coefficient (Wildman–Crippen LogP) is 1.86. The third-order valence-corrected chi connectivity index (χ3v) is 2.39. The zero-order valence-corrected chi connectivity index (χ0v) is 8.16. The maximum Gasteiger partial charge on any atom is 0.130 e. The fourth-order valence-electron chi connectivity index (χ4n) is 1.05. The number of anilines is 1. The lowest BCUT2D eigenvalue weighted by atomic mass is 10.2. The third-order valence-electron chi connectivity index (χ3n) is 1.76. The van der Waals surface area contributed by atoms with Gasteiger partial charge in [0.05, 0.1) is 6.20 Å². The Morgan fingerprint density at radius 1 is 1.29 bits per heavy atom. The summed E-state index contributed by atoms with van der Waals surface area (Å²) < 4.78 is 3.74. The van der Waals surface area contributed by atoms with Crippen LogP contribution in [0.25, 0.3) is 0 Å². The molecule has 0 aliphatic heterocycles. The molecule has 0 saturated carbocycles. The number of benzene rings is 1. The van der Waals surface area contributed by atoms with Gasteiger partial charge in [-0.25, -0.2) is 0 Å². The van der Waals surface area contributed by atoms with Gasteiger partial charge in [-0.1, -0.05) is 16.6 Å². The van der Waals surface area contributed by atoms with Crippen molar-refractivity contribution >= 4 is 16.5 Å². The van der Waals surface area contributed by atoms with Gasteiger partial charge in [-0.3, -0.25) is 0 Å². The van der Waals surface area contributed by atoms with Crippen molar-refractivity contribution in [3.8, 4) is 5.75 Å². The van der Waals surface area contributed by atoms with E-state index >= 15 is 0 Å². The maximum absolute atomic E-state index is 9.07. The summed E-state index contributed by atoms with van der Waals surface area (Å²) in [5.41, 5.74) is 1.11. The second-order valence-corrected chi connectivity index (χ2v) is 3.59. The summed E-state index contributed by atoms with van der Waals surface area (Å²) in [5.74, 6) is 0.285. The Balaban J connectivity index is 1.95. The van der Waals surface area contributed by atoms with Gasteiger partial charge in [0, 0.05) is 18.1 Å². The van der Waals surface area contributed by atoms with Crippen LogP contribution in [0.5, 0.6) is 5.75 Å². The van der Waals surface area contributed by atoms with Crippen LogP contribution in [-0.2, 0) is 6.54 Å². The normalized spacial score (nSPS) is 10.0. The molecule has 5 heteroatoms. The van der Waals surface area contributed by atoms with Crippen LogP contribution in [0.4, 0.5) is 5.00 Å². The monoisotopic (exact) mass is 207 g/mol. The molecule has 0 atom stereocenters. The van der Waals surface area contributed by atoms with Crippen LogP contribution < -0.4 is 5.32 Å². The summed E-state index contributed by atoms with van der Waals surface area (Å²) in [6.45, 7) is 0.712. The van der Waals surface area contributed by atoms with Crippen molar-refractivity contribution in [2.45, 2.75) is 6.54 Å².